The molecule has 1 aromatic heterocycles. The van der Waals surface area contributed by atoms with Gasteiger partial charge in [-0.2, -0.15) is 11.3 Å². The lowest BCUT2D eigenvalue weighted by Crippen LogP contribution is -2.15. The zero-order chi connectivity index (χ0) is 12.6. The zero-order valence-electron chi connectivity index (χ0n) is 10.9. The van der Waals surface area contributed by atoms with Crippen molar-refractivity contribution in [3.8, 4) is 0 Å². The lowest BCUT2D eigenvalue weighted by molar-refractivity contribution is 0.847. The number of rotatable bonds is 2. The SMILES string of the molecule is Cc1cc(C)c(C(N)c2cscc2C)c(C)c1. The van der Waals surface area contributed by atoms with E-state index in [9.17, 15) is 0 Å². The van der Waals surface area contributed by atoms with Gasteiger partial charge in [0.25, 0.3) is 0 Å². The normalized spacial score (nSPS) is 12.8. The molecule has 1 heterocycles. The van der Waals surface area contributed by atoms with Gasteiger partial charge in [-0.05, 0) is 66.3 Å². The average Bonchev–Trinajstić information content (AvgIpc) is 2.62. The first-order valence-corrected chi connectivity index (χ1v) is 6.81. The van der Waals surface area contributed by atoms with Gasteiger partial charge >= 0.3 is 0 Å². The van der Waals surface area contributed by atoms with E-state index < -0.39 is 0 Å². The van der Waals surface area contributed by atoms with Crippen molar-refractivity contribution in [1.82, 2.24) is 0 Å². The van der Waals surface area contributed by atoms with Gasteiger partial charge in [0.05, 0.1) is 6.04 Å². The Bertz CT molecular complexity index is 517. The molecular formula is C15H19NS. The summed E-state index contributed by atoms with van der Waals surface area (Å²) in [5.74, 6) is 0. The van der Waals surface area contributed by atoms with Crippen LogP contribution in [0.15, 0.2) is 22.9 Å². The first-order chi connectivity index (χ1) is 8.00. The summed E-state index contributed by atoms with van der Waals surface area (Å²) in [6.07, 6.45) is 0. The van der Waals surface area contributed by atoms with Crippen LogP contribution in [0.3, 0.4) is 0 Å². The Balaban J connectivity index is 2.51. The first-order valence-electron chi connectivity index (χ1n) is 5.86. The molecule has 1 unspecified atom stereocenters. The van der Waals surface area contributed by atoms with Crippen LogP contribution in [0.5, 0.6) is 0 Å². The van der Waals surface area contributed by atoms with E-state index >= 15 is 0 Å². The standard InChI is InChI=1S/C15H19NS/c1-9-5-10(2)14(11(3)6-9)15(16)13-8-17-7-12(13)4/h5-8,15H,16H2,1-4H3. The largest absolute Gasteiger partial charge is 0.320 e. The molecule has 0 fully saturated rings. The third-order valence-corrected chi connectivity index (χ3v) is 4.16. The number of thiophene rings is 1. The molecular weight excluding hydrogens is 226 g/mol. The second-order valence-corrected chi connectivity index (χ2v) is 5.54. The van der Waals surface area contributed by atoms with Crippen LogP contribution in [-0.2, 0) is 0 Å². The predicted octanol–water partition coefficient (Wildman–Crippen LogP) is 4.03. The monoisotopic (exact) mass is 245 g/mol. The Morgan fingerprint density at radius 2 is 1.53 bits per heavy atom. The molecule has 0 spiro atoms. The van der Waals surface area contributed by atoms with Crippen molar-refractivity contribution in [1.29, 1.82) is 0 Å². The van der Waals surface area contributed by atoms with E-state index in [0.29, 0.717) is 0 Å². The van der Waals surface area contributed by atoms with Gasteiger partial charge < -0.3 is 5.73 Å². The van der Waals surface area contributed by atoms with Gasteiger partial charge in [-0.1, -0.05) is 17.7 Å². The van der Waals surface area contributed by atoms with E-state index in [0.717, 1.165) is 0 Å². The summed E-state index contributed by atoms with van der Waals surface area (Å²) in [5, 5.41) is 4.33. The van der Waals surface area contributed by atoms with Crippen molar-refractivity contribution in [2.75, 3.05) is 0 Å². The summed E-state index contributed by atoms with van der Waals surface area (Å²) in [6, 6.07) is 4.43. The van der Waals surface area contributed by atoms with E-state index in [1.807, 2.05) is 0 Å². The quantitative estimate of drug-likeness (QED) is 0.849. The van der Waals surface area contributed by atoms with Crippen LogP contribution in [-0.4, -0.2) is 0 Å². The van der Waals surface area contributed by atoms with Crippen LogP contribution < -0.4 is 5.73 Å². The summed E-state index contributed by atoms with van der Waals surface area (Å²) in [6.45, 7) is 8.56. The third kappa shape index (κ3) is 2.28. The summed E-state index contributed by atoms with van der Waals surface area (Å²) in [5.41, 5.74) is 14.1. The van der Waals surface area contributed by atoms with Gasteiger partial charge in [-0.15, -0.1) is 0 Å². The molecule has 90 valence electrons. The summed E-state index contributed by atoms with van der Waals surface area (Å²) >= 11 is 1.72. The maximum Gasteiger partial charge on any atom is 0.0567 e. The molecule has 1 atom stereocenters. The number of hydrogen-bond donors (Lipinski definition) is 1. The molecule has 0 amide bonds. The molecule has 0 saturated carbocycles. The van der Waals surface area contributed by atoms with Crippen molar-refractivity contribution >= 4 is 11.3 Å². The Morgan fingerprint density at radius 3 is 2.00 bits per heavy atom. The van der Waals surface area contributed by atoms with Crippen LogP contribution in [0.2, 0.25) is 0 Å². The van der Waals surface area contributed by atoms with Gasteiger partial charge in [0.15, 0.2) is 0 Å². The molecule has 17 heavy (non-hydrogen) atoms. The van der Waals surface area contributed by atoms with Gasteiger partial charge in [-0.25, -0.2) is 0 Å². The van der Waals surface area contributed by atoms with Gasteiger partial charge in [-0.3, -0.25) is 0 Å². The Kier molecular flexibility index (Phi) is 3.36. The molecule has 0 aliphatic carbocycles. The maximum atomic E-state index is 6.42. The van der Waals surface area contributed by atoms with Gasteiger partial charge in [0.1, 0.15) is 0 Å². The topological polar surface area (TPSA) is 26.0 Å². The fraction of sp³-hybridized carbons (Fsp3) is 0.333. The lowest BCUT2D eigenvalue weighted by Gasteiger charge is -2.18. The highest BCUT2D eigenvalue weighted by Gasteiger charge is 2.16. The highest BCUT2D eigenvalue weighted by Crippen LogP contribution is 2.30. The van der Waals surface area contributed by atoms with Crippen LogP contribution >= 0.6 is 11.3 Å². The minimum absolute atomic E-state index is 0.00171. The van der Waals surface area contributed by atoms with E-state index in [1.54, 1.807) is 11.3 Å². The van der Waals surface area contributed by atoms with Crippen LogP contribution in [0.25, 0.3) is 0 Å². The highest BCUT2D eigenvalue weighted by atomic mass is 32.1. The van der Waals surface area contributed by atoms with Crippen LogP contribution in [0, 0.1) is 27.7 Å². The van der Waals surface area contributed by atoms with Crippen LogP contribution in [0.1, 0.15) is 39.4 Å². The Labute approximate surface area is 107 Å². The summed E-state index contributed by atoms with van der Waals surface area (Å²) in [7, 11) is 0. The van der Waals surface area contributed by atoms with Crippen molar-refractivity contribution < 1.29 is 0 Å². The number of nitrogens with two attached hydrogens (primary N) is 1. The van der Waals surface area contributed by atoms with Crippen molar-refractivity contribution in [3.05, 3.63) is 56.3 Å². The summed E-state index contributed by atoms with van der Waals surface area (Å²) in [4.78, 5) is 0. The lowest BCUT2D eigenvalue weighted by atomic mass is 9.90. The molecule has 1 nitrogen and oxygen atoms in total. The molecule has 0 aliphatic rings. The minimum Gasteiger partial charge on any atom is -0.320 e. The molecule has 0 radical (unpaired) electrons. The fourth-order valence-electron chi connectivity index (χ4n) is 2.53. The maximum absolute atomic E-state index is 6.42. The second-order valence-electron chi connectivity index (χ2n) is 4.80. The third-order valence-electron chi connectivity index (χ3n) is 3.28. The number of hydrogen-bond acceptors (Lipinski definition) is 2. The van der Waals surface area contributed by atoms with Crippen molar-refractivity contribution in [2.45, 2.75) is 33.7 Å². The number of aryl methyl sites for hydroxylation is 4. The Morgan fingerprint density at radius 1 is 0.941 bits per heavy atom. The molecule has 0 saturated heterocycles. The first kappa shape index (κ1) is 12.3. The minimum atomic E-state index is 0.00171. The average molecular weight is 245 g/mol. The van der Waals surface area contributed by atoms with Gasteiger partial charge in [0.2, 0.25) is 0 Å². The smallest absolute Gasteiger partial charge is 0.0567 e. The summed E-state index contributed by atoms with van der Waals surface area (Å²) < 4.78 is 0. The molecule has 2 heteroatoms. The van der Waals surface area contributed by atoms with E-state index in [1.165, 1.54) is 33.4 Å². The highest BCUT2D eigenvalue weighted by molar-refractivity contribution is 7.08. The van der Waals surface area contributed by atoms with Crippen LogP contribution in [0.4, 0.5) is 0 Å². The molecule has 2 N–H and O–H groups in total. The second kappa shape index (κ2) is 4.63. The Hall–Kier alpha value is -1.12. The predicted molar refractivity (Wildman–Crippen MR) is 75.7 cm³/mol. The van der Waals surface area contributed by atoms with Gasteiger partial charge in [0, 0.05) is 0 Å². The molecule has 0 aliphatic heterocycles. The van der Waals surface area contributed by atoms with E-state index in [2.05, 4.69) is 50.6 Å². The zero-order valence-corrected chi connectivity index (χ0v) is 11.7. The fourth-order valence-corrected chi connectivity index (χ4v) is 3.41. The van der Waals surface area contributed by atoms with Crippen molar-refractivity contribution in [3.63, 3.8) is 0 Å². The van der Waals surface area contributed by atoms with E-state index in [-0.39, 0.29) is 6.04 Å². The molecule has 2 aromatic rings. The number of benzene rings is 1. The molecule has 1 aromatic carbocycles. The molecule has 0 bridgehead atoms. The van der Waals surface area contributed by atoms with Crippen molar-refractivity contribution in [2.24, 2.45) is 5.73 Å². The molecule has 2 rings (SSSR count). The van der Waals surface area contributed by atoms with E-state index in [4.69, 9.17) is 5.73 Å².